The minimum Gasteiger partial charge on any atom is -0.497 e. The van der Waals surface area contributed by atoms with Gasteiger partial charge in [-0.15, -0.1) is 0 Å². The van der Waals surface area contributed by atoms with Crippen molar-refractivity contribution >= 4 is 5.78 Å². The molecular weight excluding hydrogens is 202 g/mol. The Morgan fingerprint density at radius 1 is 1.19 bits per heavy atom. The summed E-state index contributed by atoms with van der Waals surface area (Å²) < 4.78 is 5.05. The van der Waals surface area contributed by atoms with Crippen molar-refractivity contribution in [1.29, 1.82) is 0 Å². The van der Waals surface area contributed by atoms with Gasteiger partial charge < -0.3 is 9.72 Å². The van der Waals surface area contributed by atoms with Crippen molar-refractivity contribution in [3.8, 4) is 5.75 Å². The monoisotopic (exact) mass is 215 g/mol. The van der Waals surface area contributed by atoms with E-state index in [4.69, 9.17) is 4.74 Å². The lowest BCUT2D eigenvalue weighted by molar-refractivity contribution is 0.103. The highest BCUT2D eigenvalue weighted by atomic mass is 16.5. The van der Waals surface area contributed by atoms with E-state index < -0.39 is 0 Å². The molecule has 1 aromatic carbocycles. The molecule has 0 bridgehead atoms. The van der Waals surface area contributed by atoms with E-state index in [0.29, 0.717) is 11.1 Å². The molecule has 0 aliphatic rings. The second-order valence-electron chi connectivity index (χ2n) is 3.57. The zero-order chi connectivity index (χ0) is 11.5. The van der Waals surface area contributed by atoms with Crippen molar-refractivity contribution in [2.45, 2.75) is 6.92 Å². The SMILES string of the molecule is COc1ccc(C(=O)c2cc[nH]c2C)cc1. The summed E-state index contributed by atoms with van der Waals surface area (Å²) >= 11 is 0. The molecule has 2 rings (SSSR count). The molecule has 3 nitrogen and oxygen atoms in total. The third-order valence-electron chi connectivity index (χ3n) is 2.55. The largest absolute Gasteiger partial charge is 0.497 e. The number of carbonyl (C=O) groups excluding carboxylic acids is 1. The van der Waals surface area contributed by atoms with Crippen LogP contribution in [-0.4, -0.2) is 17.9 Å². The van der Waals surface area contributed by atoms with Gasteiger partial charge in [-0.3, -0.25) is 4.79 Å². The van der Waals surface area contributed by atoms with Crippen LogP contribution in [-0.2, 0) is 0 Å². The summed E-state index contributed by atoms with van der Waals surface area (Å²) in [4.78, 5) is 15.1. The number of aromatic amines is 1. The summed E-state index contributed by atoms with van der Waals surface area (Å²) in [6, 6.07) is 8.91. The Morgan fingerprint density at radius 3 is 2.38 bits per heavy atom. The van der Waals surface area contributed by atoms with Gasteiger partial charge in [-0.05, 0) is 37.3 Å². The number of methoxy groups -OCH3 is 1. The maximum Gasteiger partial charge on any atom is 0.194 e. The summed E-state index contributed by atoms with van der Waals surface area (Å²) in [6.07, 6.45) is 1.77. The van der Waals surface area contributed by atoms with Crippen LogP contribution >= 0.6 is 0 Å². The van der Waals surface area contributed by atoms with Gasteiger partial charge in [-0.2, -0.15) is 0 Å². The highest BCUT2D eigenvalue weighted by molar-refractivity contribution is 6.09. The van der Waals surface area contributed by atoms with Crippen molar-refractivity contribution in [2.75, 3.05) is 7.11 Å². The number of benzene rings is 1. The summed E-state index contributed by atoms with van der Waals surface area (Å²) in [5, 5.41) is 0. The van der Waals surface area contributed by atoms with Crippen LogP contribution in [0, 0.1) is 6.92 Å². The predicted octanol–water partition coefficient (Wildman–Crippen LogP) is 2.56. The molecule has 0 atom stereocenters. The normalized spacial score (nSPS) is 10.1. The summed E-state index contributed by atoms with van der Waals surface area (Å²) in [7, 11) is 1.60. The number of hydrogen-bond donors (Lipinski definition) is 1. The minimum absolute atomic E-state index is 0.0291. The quantitative estimate of drug-likeness (QED) is 0.799. The van der Waals surface area contributed by atoms with Gasteiger partial charge in [-0.1, -0.05) is 0 Å². The summed E-state index contributed by atoms with van der Waals surface area (Å²) in [5.41, 5.74) is 2.27. The maximum absolute atomic E-state index is 12.1. The Bertz CT molecular complexity index is 497. The number of ketones is 1. The summed E-state index contributed by atoms with van der Waals surface area (Å²) in [5.74, 6) is 0.781. The zero-order valence-electron chi connectivity index (χ0n) is 9.28. The van der Waals surface area contributed by atoms with Crippen LogP contribution in [0.15, 0.2) is 36.5 Å². The van der Waals surface area contributed by atoms with Crippen molar-refractivity contribution in [1.82, 2.24) is 4.98 Å². The van der Waals surface area contributed by atoms with Gasteiger partial charge in [0.2, 0.25) is 0 Å². The molecule has 0 amide bonds. The fourth-order valence-electron chi connectivity index (χ4n) is 1.60. The lowest BCUT2D eigenvalue weighted by atomic mass is 10.0. The molecule has 1 N–H and O–H groups in total. The Kier molecular flexibility index (Phi) is 2.77. The molecule has 0 spiro atoms. The van der Waals surface area contributed by atoms with E-state index in [1.165, 1.54) is 0 Å². The average Bonchev–Trinajstić information content (AvgIpc) is 2.75. The van der Waals surface area contributed by atoms with Crippen LogP contribution in [0.25, 0.3) is 0 Å². The molecule has 1 heterocycles. The number of carbonyl (C=O) groups is 1. The first-order chi connectivity index (χ1) is 7.72. The van der Waals surface area contributed by atoms with Gasteiger partial charge in [0, 0.05) is 23.0 Å². The van der Waals surface area contributed by atoms with Gasteiger partial charge in [-0.25, -0.2) is 0 Å². The summed E-state index contributed by atoms with van der Waals surface area (Å²) in [6.45, 7) is 1.89. The standard InChI is InChI=1S/C13H13NO2/c1-9-12(7-8-14-9)13(15)10-3-5-11(16-2)6-4-10/h3-8,14H,1-2H3. The number of nitrogens with one attached hydrogen (secondary N) is 1. The molecule has 2 aromatic rings. The molecule has 0 unspecified atom stereocenters. The van der Waals surface area contributed by atoms with Crippen molar-refractivity contribution in [2.24, 2.45) is 0 Å². The van der Waals surface area contributed by atoms with E-state index in [1.54, 1.807) is 43.6 Å². The fourth-order valence-corrected chi connectivity index (χ4v) is 1.60. The van der Waals surface area contributed by atoms with Gasteiger partial charge >= 0.3 is 0 Å². The third-order valence-corrected chi connectivity index (χ3v) is 2.55. The van der Waals surface area contributed by atoms with E-state index in [9.17, 15) is 4.79 Å². The van der Waals surface area contributed by atoms with E-state index in [0.717, 1.165) is 11.4 Å². The highest BCUT2D eigenvalue weighted by Gasteiger charge is 2.11. The average molecular weight is 215 g/mol. The highest BCUT2D eigenvalue weighted by Crippen LogP contribution is 2.16. The lowest BCUT2D eigenvalue weighted by Gasteiger charge is -2.02. The van der Waals surface area contributed by atoms with Gasteiger partial charge in [0.05, 0.1) is 7.11 Å². The molecule has 82 valence electrons. The van der Waals surface area contributed by atoms with Crippen LogP contribution in [0.2, 0.25) is 0 Å². The van der Waals surface area contributed by atoms with Crippen LogP contribution < -0.4 is 4.74 Å². The zero-order valence-corrected chi connectivity index (χ0v) is 9.28. The molecular formula is C13H13NO2. The van der Waals surface area contributed by atoms with Crippen molar-refractivity contribution in [3.05, 3.63) is 53.3 Å². The van der Waals surface area contributed by atoms with Gasteiger partial charge in [0.25, 0.3) is 0 Å². The number of hydrogen-bond acceptors (Lipinski definition) is 2. The smallest absolute Gasteiger partial charge is 0.194 e. The van der Waals surface area contributed by atoms with E-state index in [1.807, 2.05) is 6.92 Å². The Morgan fingerprint density at radius 2 is 1.88 bits per heavy atom. The first-order valence-electron chi connectivity index (χ1n) is 5.05. The third kappa shape index (κ3) is 1.84. The van der Waals surface area contributed by atoms with Crippen LogP contribution in [0.1, 0.15) is 21.6 Å². The van der Waals surface area contributed by atoms with E-state index in [2.05, 4.69) is 4.98 Å². The first kappa shape index (κ1) is 10.5. The van der Waals surface area contributed by atoms with Crippen molar-refractivity contribution in [3.63, 3.8) is 0 Å². The maximum atomic E-state index is 12.1. The van der Waals surface area contributed by atoms with Crippen LogP contribution in [0.4, 0.5) is 0 Å². The molecule has 0 fully saturated rings. The molecule has 0 aliphatic heterocycles. The Labute approximate surface area is 94.1 Å². The number of aromatic nitrogens is 1. The molecule has 0 aliphatic carbocycles. The lowest BCUT2D eigenvalue weighted by Crippen LogP contribution is -2.01. The molecule has 0 saturated carbocycles. The van der Waals surface area contributed by atoms with Crippen molar-refractivity contribution < 1.29 is 9.53 Å². The minimum atomic E-state index is 0.0291. The number of H-pyrrole nitrogens is 1. The molecule has 16 heavy (non-hydrogen) atoms. The topological polar surface area (TPSA) is 42.1 Å². The second kappa shape index (κ2) is 4.23. The van der Waals surface area contributed by atoms with E-state index in [-0.39, 0.29) is 5.78 Å². The van der Waals surface area contributed by atoms with Crippen LogP contribution in [0.5, 0.6) is 5.75 Å². The predicted molar refractivity (Wildman–Crippen MR) is 62.0 cm³/mol. The molecule has 0 saturated heterocycles. The van der Waals surface area contributed by atoms with Gasteiger partial charge in [0.1, 0.15) is 5.75 Å². The molecule has 3 heteroatoms. The first-order valence-corrected chi connectivity index (χ1v) is 5.05. The number of ether oxygens (including phenoxy) is 1. The number of rotatable bonds is 3. The van der Waals surface area contributed by atoms with Crippen LogP contribution in [0.3, 0.4) is 0 Å². The Hall–Kier alpha value is -2.03. The second-order valence-corrected chi connectivity index (χ2v) is 3.57. The molecule has 0 radical (unpaired) electrons. The Balaban J connectivity index is 2.31. The fraction of sp³-hybridized carbons (Fsp3) is 0.154. The molecule has 1 aromatic heterocycles. The van der Waals surface area contributed by atoms with Gasteiger partial charge in [0.15, 0.2) is 5.78 Å². The number of aryl methyl sites for hydroxylation is 1. The van der Waals surface area contributed by atoms with E-state index >= 15 is 0 Å².